The number of benzene rings is 1. The number of ketones is 1. The molecule has 2 aromatic heterocycles. The summed E-state index contributed by atoms with van der Waals surface area (Å²) < 4.78 is 12.8. The maximum absolute atomic E-state index is 13.5. The van der Waals surface area contributed by atoms with Gasteiger partial charge < -0.3 is 9.26 Å². The molecule has 0 amide bonds. The topological polar surface area (TPSA) is 100 Å². The highest BCUT2D eigenvalue weighted by atomic mass is 79.9. The second-order valence-corrected chi connectivity index (χ2v) is 8.03. The summed E-state index contributed by atoms with van der Waals surface area (Å²) in [6.45, 7) is 1.89. The van der Waals surface area contributed by atoms with Crippen molar-refractivity contribution in [2.75, 3.05) is 12.9 Å². The van der Waals surface area contributed by atoms with Gasteiger partial charge in [0.15, 0.2) is 11.5 Å². The van der Waals surface area contributed by atoms with Crippen LogP contribution < -0.4 is 0 Å². The van der Waals surface area contributed by atoms with Crippen LogP contribution in [0.2, 0.25) is 0 Å². The summed E-state index contributed by atoms with van der Waals surface area (Å²) >= 11 is 5.00. The quantitative estimate of drug-likeness (QED) is 0.286. The van der Waals surface area contributed by atoms with Crippen LogP contribution >= 0.6 is 27.7 Å². The van der Waals surface area contributed by atoms with Crippen LogP contribution in [0.1, 0.15) is 57.9 Å². The molecule has 8 nitrogen and oxygen atoms in total. The number of hydrogen-bond donors (Lipinski definition) is 0. The van der Waals surface area contributed by atoms with Crippen molar-refractivity contribution in [3.05, 3.63) is 51.6 Å². The largest absolute Gasteiger partial charge is 0.461 e. The van der Waals surface area contributed by atoms with Gasteiger partial charge in [0.25, 0.3) is 0 Å². The third kappa shape index (κ3) is 3.62. The molecule has 1 aromatic carbocycles. The third-order valence-corrected chi connectivity index (χ3v) is 6.45. The molecule has 10 heteroatoms. The fourth-order valence-corrected chi connectivity index (χ4v) is 4.74. The Labute approximate surface area is 179 Å². The Balaban J connectivity index is 1.82. The van der Waals surface area contributed by atoms with E-state index in [1.807, 2.05) is 6.26 Å². The number of aromatic nitrogens is 4. The monoisotopic (exact) mass is 476 g/mol. The van der Waals surface area contributed by atoms with Crippen LogP contribution in [0.3, 0.4) is 0 Å². The number of nitrogens with zero attached hydrogens (tertiary/aromatic N) is 4. The van der Waals surface area contributed by atoms with Crippen molar-refractivity contribution in [2.45, 2.75) is 30.6 Å². The fourth-order valence-electron chi connectivity index (χ4n) is 3.06. The molecular weight excluding hydrogens is 460 g/mol. The van der Waals surface area contributed by atoms with E-state index >= 15 is 0 Å². The Hall–Kier alpha value is -2.46. The maximum atomic E-state index is 13.5. The molecule has 0 atom stereocenters. The van der Waals surface area contributed by atoms with Gasteiger partial charge in [-0.2, -0.15) is 0 Å². The third-order valence-electron chi connectivity index (χ3n) is 4.56. The molecule has 0 radical (unpaired) electrons. The summed E-state index contributed by atoms with van der Waals surface area (Å²) in [6.07, 6.45) is 6.98. The van der Waals surface area contributed by atoms with Gasteiger partial charge in [-0.3, -0.25) is 4.79 Å². The van der Waals surface area contributed by atoms with Crippen molar-refractivity contribution < 1.29 is 18.8 Å². The van der Waals surface area contributed by atoms with Crippen molar-refractivity contribution in [1.29, 1.82) is 0 Å². The Morgan fingerprint density at radius 3 is 2.79 bits per heavy atom. The minimum Gasteiger partial charge on any atom is -0.461 e. The molecule has 1 saturated carbocycles. The number of thioether (sulfide) groups is 1. The van der Waals surface area contributed by atoms with Crippen molar-refractivity contribution >= 4 is 39.4 Å². The van der Waals surface area contributed by atoms with E-state index < -0.39 is 5.97 Å². The molecule has 0 N–H and O–H groups in total. The van der Waals surface area contributed by atoms with Gasteiger partial charge in [0.05, 0.1) is 29.2 Å². The van der Waals surface area contributed by atoms with Gasteiger partial charge in [0, 0.05) is 16.4 Å². The van der Waals surface area contributed by atoms with E-state index in [-0.39, 0.29) is 29.6 Å². The molecule has 0 spiro atoms. The number of esters is 1. The Morgan fingerprint density at radius 1 is 1.38 bits per heavy atom. The zero-order chi connectivity index (χ0) is 20.5. The Bertz CT molecular complexity index is 1080. The van der Waals surface area contributed by atoms with E-state index in [1.54, 1.807) is 36.1 Å². The first kappa shape index (κ1) is 19.8. The molecule has 150 valence electrons. The predicted octanol–water partition coefficient (Wildman–Crippen LogP) is 4.02. The molecule has 1 fully saturated rings. The molecule has 0 aliphatic heterocycles. The molecule has 1 aliphatic rings. The zero-order valence-electron chi connectivity index (χ0n) is 15.7. The van der Waals surface area contributed by atoms with Crippen LogP contribution in [0.25, 0.3) is 5.69 Å². The average Bonchev–Trinajstić information content (AvgIpc) is 3.24. The molecule has 1 aliphatic carbocycles. The molecule has 2 heterocycles. The number of carbonyl (C=O) groups excluding carboxylic acids is 2. The highest BCUT2D eigenvalue weighted by Gasteiger charge is 2.38. The first-order valence-corrected chi connectivity index (χ1v) is 11.0. The standard InChI is InChI=1S/C19H17BrN4O4S/c1-3-27-19(26)15-13(17(28-22-15)10-4-5-10)16(25)11-6-7-12(14(20)18(11)29-2)24-9-8-21-23-24/h6-10H,3-5H2,1-2H3. The summed E-state index contributed by atoms with van der Waals surface area (Å²) in [4.78, 5) is 26.6. The lowest BCUT2D eigenvalue weighted by Crippen LogP contribution is -2.14. The molecule has 0 saturated heterocycles. The molecule has 29 heavy (non-hydrogen) atoms. The van der Waals surface area contributed by atoms with E-state index in [1.165, 1.54) is 11.8 Å². The number of halogens is 1. The van der Waals surface area contributed by atoms with Gasteiger partial charge in [-0.15, -0.1) is 16.9 Å². The van der Waals surface area contributed by atoms with Crippen molar-refractivity contribution in [3.8, 4) is 5.69 Å². The molecule has 3 aromatic rings. The second kappa shape index (κ2) is 8.11. The first-order valence-electron chi connectivity index (χ1n) is 9.01. The summed E-state index contributed by atoms with van der Waals surface area (Å²) in [5, 5.41) is 11.7. The van der Waals surface area contributed by atoms with E-state index in [9.17, 15) is 9.59 Å². The number of ether oxygens (including phenoxy) is 1. The molecule has 0 bridgehead atoms. The fraction of sp³-hybridized carbons (Fsp3) is 0.316. The summed E-state index contributed by atoms with van der Waals surface area (Å²) in [6, 6.07) is 3.49. The lowest BCUT2D eigenvalue weighted by molar-refractivity contribution is 0.0512. The summed E-state index contributed by atoms with van der Waals surface area (Å²) in [5.41, 5.74) is 1.33. The lowest BCUT2D eigenvalue weighted by atomic mass is 9.99. The average molecular weight is 477 g/mol. The second-order valence-electron chi connectivity index (χ2n) is 6.42. The predicted molar refractivity (Wildman–Crippen MR) is 109 cm³/mol. The highest BCUT2D eigenvalue weighted by molar-refractivity contribution is 9.10. The first-order chi connectivity index (χ1) is 14.1. The molecule has 0 unspecified atom stereocenters. The minimum absolute atomic E-state index is 0.0673. The van der Waals surface area contributed by atoms with Crippen molar-refractivity contribution in [3.63, 3.8) is 0 Å². The van der Waals surface area contributed by atoms with E-state index in [0.29, 0.717) is 15.8 Å². The van der Waals surface area contributed by atoms with Gasteiger partial charge in [-0.1, -0.05) is 10.4 Å². The van der Waals surface area contributed by atoms with Crippen LogP contribution in [0.15, 0.2) is 38.4 Å². The van der Waals surface area contributed by atoms with E-state index in [4.69, 9.17) is 9.26 Å². The van der Waals surface area contributed by atoms with Gasteiger partial charge in [-0.05, 0) is 54.1 Å². The molecule has 4 rings (SSSR count). The summed E-state index contributed by atoms with van der Waals surface area (Å²) in [7, 11) is 0. The smallest absolute Gasteiger partial charge is 0.361 e. The number of carbonyl (C=O) groups is 2. The highest BCUT2D eigenvalue weighted by Crippen LogP contribution is 2.44. The van der Waals surface area contributed by atoms with Crippen molar-refractivity contribution in [1.82, 2.24) is 20.2 Å². The summed E-state index contributed by atoms with van der Waals surface area (Å²) in [5.74, 6) is -0.399. The minimum atomic E-state index is -0.657. The van der Waals surface area contributed by atoms with Crippen LogP contribution in [-0.2, 0) is 4.74 Å². The Kier molecular flexibility index (Phi) is 5.55. The van der Waals surface area contributed by atoms with Crippen molar-refractivity contribution in [2.24, 2.45) is 0 Å². The SMILES string of the molecule is CCOC(=O)c1noc(C2CC2)c1C(=O)c1ccc(-n2ccnn2)c(Br)c1SC. The van der Waals surface area contributed by atoms with Crippen LogP contribution in [-0.4, -0.2) is 44.8 Å². The number of hydrogen-bond acceptors (Lipinski definition) is 8. The van der Waals surface area contributed by atoms with E-state index in [0.717, 1.165) is 23.4 Å². The Morgan fingerprint density at radius 2 is 2.17 bits per heavy atom. The molecular formula is C19H17BrN4O4S. The van der Waals surface area contributed by atoms with Gasteiger partial charge in [-0.25, -0.2) is 9.48 Å². The number of rotatable bonds is 7. The van der Waals surface area contributed by atoms with Gasteiger partial charge in [0.1, 0.15) is 5.56 Å². The normalized spacial score (nSPS) is 13.5. The zero-order valence-corrected chi connectivity index (χ0v) is 18.1. The van der Waals surface area contributed by atoms with Crippen LogP contribution in [0.4, 0.5) is 0 Å². The lowest BCUT2D eigenvalue weighted by Gasteiger charge is -2.13. The van der Waals surface area contributed by atoms with E-state index in [2.05, 4.69) is 31.4 Å². The van der Waals surface area contributed by atoms with Gasteiger partial charge in [0.2, 0.25) is 5.69 Å². The van der Waals surface area contributed by atoms with Crippen LogP contribution in [0, 0.1) is 0 Å². The maximum Gasteiger partial charge on any atom is 0.361 e. The van der Waals surface area contributed by atoms with Gasteiger partial charge >= 0.3 is 5.97 Å². The van der Waals surface area contributed by atoms with Crippen LogP contribution in [0.5, 0.6) is 0 Å².